The molecule has 19 heavy (non-hydrogen) atoms. The van der Waals surface area contributed by atoms with Crippen LogP contribution >= 0.6 is 0 Å². The summed E-state index contributed by atoms with van der Waals surface area (Å²) in [6.07, 6.45) is 1.82. The third-order valence-corrected chi connectivity index (χ3v) is 3.46. The minimum absolute atomic E-state index is 0.257. The lowest BCUT2D eigenvalue weighted by Gasteiger charge is -2.21. The maximum absolute atomic E-state index is 8.82. The van der Waals surface area contributed by atoms with Crippen molar-refractivity contribution < 1.29 is 14.6 Å². The van der Waals surface area contributed by atoms with Gasteiger partial charge in [0.2, 0.25) is 0 Å². The van der Waals surface area contributed by atoms with Gasteiger partial charge in [-0.25, -0.2) is 0 Å². The highest BCUT2D eigenvalue weighted by Crippen LogP contribution is 2.33. The summed E-state index contributed by atoms with van der Waals surface area (Å²) in [4.78, 5) is 2.24. The van der Waals surface area contributed by atoms with Crippen LogP contribution in [0.25, 0.3) is 0 Å². The van der Waals surface area contributed by atoms with Crippen LogP contribution in [0.2, 0.25) is 0 Å². The van der Waals surface area contributed by atoms with Gasteiger partial charge in [0.25, 0.3) is 0 Å². The van der Waals surface area contributed by atoms with E-state index < -0.39 is 0 Å². The van der Waals surface area contributed by atoms with E-state index in [2.05, 4.69) is 31.0 Å². The molecule has 0 aromatic heterocycles. The Balaban J connectivity index is 1.96. The monoisotopic (exact) mass is 265 g/mol. The molecule has 0 spiro atoms. The van der Waals surface area contributed by atoms with Crippen LogP contribution in [-0.2, 0) is 6.42 Å². The zero-order chi connectivity index (χ0) is 13.7. The molecule has 4 nitrogen and oxygen atoms in total. The van der Waals surface area contributed by atoms with E-state index in [1.54, 1.807) is 0 Å². The Morgan fingerprint density at radius 2 is 1.84 bits per heavy atom. The van der Waals surface area contributed by atoms with Crippen molar-refractivity contribution in [2.45, 2.75) is 19.8 Å². The molecule has 106 valence electrons. The fourth-order valence-corrected chi connectivity index (χ4v) is 2.27. The molecule has 0 saturated carbocycles. The Bertz CT molecular complexity index is 420. The number of likely N-dealkylation sites (N-methyl/N-ethyl adjacent to an activating group) is 1. The summed E-state index contributed by atoms with van der Waals surface area (Å²) in [5.74, 6) is 1.73. The van der Waals surface area contributed by atoms with Gasteiger partial charge in [-0.15, -0.1) is 0 Å². The third-order valence-electron chi connectivity index (χ3n) is 3.46. The van der Waals surface area contributed by atoms with Gasteiger partial charge in [0.1, 0.15) is 13.2 Å². The Morgan fingerprint density at radius 3 is 2.53 bits per heavy atom. The molecule has 1 aliphatic rings. The lowest BCUT2D eigenvalue weighted by molar-refractivity contribution is 0.171. The van der Waals surface area contributed by atoms with Gasteiger partial charge in [0, 0.05) is 19.7 Å². The van der Waals surface area contributed by atoms with Crippen LogP contribution in [0, 0.1) is 6.92 Å². The second kappa shape index (κ2) is 6.78. The quantitative estimate of drug-likeness (QED) is 0.849. The average Bonchev–Trinajstić information content (AvgIpc) is 2.42. The lowest BCUT2D eigenvalue weighted by Crippen LogP contribution is -2.23. The second-order valence-corrected chi connectivity index (χ2v) is 5.05. The number of hydrogen-bond acceptors (Lipinski definition) is 4. The fourth-order valence-electron chi connectivity index (χ4n) is 2.27. The largest absolute Gasteiger partial charge is 0.486 e. The average molecular weight is 265 g/mol. The number of aliphatic hydroxyl groups is 1. The number of benzene rings is 1. The SMILES string of the molecule is Cc1cc2c(cc1CCN(C)CCCO)OCCO2. The smallest absolute Gasteiger partial charge is 0.161 e. The van der Waals surface area contributed by atoms with Crippen molar-refractivity contribution in [3.05, 3.63) is 23.3 Å². The van der Waals surface area contributed by atoms with Crippen molar-refractivity contribution >= 4 is 0 Å². The van der Waals surface area contributed by atoms with E-state index in [0.29, 0.717) is 13.2 Å². The molecule has 0 bridgehead atoms. The van der Waals surface area contributed by atoms with Crippen LogP contribution in [0.1, 0.15) is 17.5 Å². The minimum atomic E-state index is 0.257. The summed E-state index contributed by atoms with van der Waals surface area (Å²) < 4.78 is 11.2. The Morgan fingerprint density at radius 1 is 1.16 bits per heavy atom. The van der Waals surface area contributed by atoms with E-state index >= 15 is 0 Å². The minimum Gasteiger partial charge on any atom is -0.486 e. The third kappa shape index (κ3) is 3.85. The van der Waals surface area contributed by atoms with E-state index in [-0.39, 0.29) is 6.61 Å². The molecule has 4 heteroatoms. The van der Waals surface area contributed by atoms with E-state index in [1.807, 2.05) is 0 Å². The number of hydrogen-bond donors (Lipinski definition) is 1. The number of fused-ring (bicyclic) bond motifs is 1. The van der Waals surface area contributed by atoms with Crippen molar-refractivity contribution in [2.24, 2.45) is 0 Å². The highest BCUT2D eigenvalue weighted by molar-refractivity contribution is 5.47. The van der Waals surface area contributed by atoms with Crippen LogP contribution in [0.4, 0.5) is 0 Å². The van der Waals surface area contributed by atoms with Gasteiger partial charge >= 0.3 is 0 Å². The maximum Gasteiger partial charge on any atom is 0.161 e. The summed E-state index contributed by atoms with van der Waals surface area (Å²) in [7, 11) is 2.09. The van der Waals surface area contributed by atoms with Gasteiger partial charge in [0.15, 0.2) is 11.5 Å². The summed E-state index contributed by atoms with van der Waals surface area (Å²) >= 11 is 0. The van der Waals surface area contributed by atoms with Gasteiger partial charge in [-0.3, -0.25) is 0 Å². The molecule has 1 aromatic rings. The van der Waals surface area contributed by atoms with Gasteiger partial charge in [-0.1, -0.05) is 0 Å². The molecule has 2 rings (SSSR count). The first-order valence-electron chi connectivity index (χ1n) is 6.89. The zero-order valence-corrected chi connectivity index (χ0v) is 11.8. The van der Waals surface area contributed by atoms with Crippen molar-refractivity contribution in [1.82, 2.24) is 4.90 Å². The normalized spacial score (nSPS) is 13.9. The molecule has 0 atom stereocenters. The number of nitrogens with zero attached hydrogens (tertiary/aromatic N) is 1. The molecule has 0 amide bonds. The van der Waals surface area contributed by atoms with Crippen molar-refractivity contribution in [1.29, 1.82) is 0 Å². The maximum atomic E-state index is 8.82. The van der Waals surface area contributed by atoms with Crippen molar-refractivity contribution in [3.63, 3.8) is 0 Å². The summed E-state index contributed by atoms with van der Waals surface area (Å²) in [6, 6.07) is 4.17. The summed E-state index contributed by atoms with van der Waals surface area (Å²) in [6.45, 7) is 5.55. The molecule has 1 heterocycles. The molecular weight excluding hydrogens is 242 g/mol. The molecule has 0 aliphatic carbocycles. The second-order valence-electron chi connectivity index (χ2n) is 5.05. The van der Waals surface area contributed by atoms with E-state index in [9.17, 15) is 0 Å². The van der Waals surface area contributed by atoms with Gasteiger partial charge in [0.05, 0.1) is 0 Å². The number of ether oxygens (including phenoxy) is 2. The predicted octanol–water partition coefficient (Wildman–Crippen LogP) is 1.62. The zero-order valence-electron chi connectivity index (χ0n) is 11.8. The van der Waals surface area contributed by atoms with Crippen LogP contribution in [0.3, 0.4) is 0 Å². The molecule has 0 saturated heterocycles. The highest BCUT2D eigenvalue weighted by atomic mass is 16.6. The van der Waals surface area contributed by atoms with Gasteiger partial charge in [-0.2, -0.15) is 0 Å². The first-order valence-corrected chi connectivity index (χ1v) is 6.89. The molecule has 1 aliphatic heterocycles. The van der Waals surface area contributed by atoms with Gasteiger partial charge in [-0.05, 0) is 50.1 Å². The van der Waals surface area contributed by atoms with Gasteiger partial charge < -0.3 is 19.5 Å². The molecule has 0 unspecified atom stereocenters. The first kappa shape index (κ1) is 14.2. The lowest BCUT2D eigenvalue weighted by atomic mass is 10.0. The number of rotatable bonds is 6. The van der Waals surface area contributed by atoms with Crippen molar-refractivity contribution in [3.8, 4) is 11.5 Å². The van der Waals surface area contributed by atoms with E-state index in [0.717, 1.165) is 37.4 Å². The molecular formula is C15H23NO3. The molecule has 0 fully saturated rings. The first-order chi connectivity index (χ1) is 9.20. The van der Waals surface area contributed by atoms with Crippen LogP contribution < -0.4 is 9.47 Å². The van der Waals surface area contributed by atoms with Crippen molar-refractivity contribution in [2.75, 3.05) is 40.0 Å². The Kier molecular flexibility index (Phi) is 5.05. The predicted molar refractivity (Wildman–Crippen MR) is 75.1 cm³/mol. The standard InChI is InChI=1S/C15H23NO3/c1-12-10-14-15(19-9-8-18-14)11-13(12)4-6-16(2)5-3-7-17/h10-11,17H,3-9H2,1-2H3. The van der Waals surface area contributed by atoms with E-state index in [4.69, 9.17) is 14.6 Å². The fraction of sp³-hybridized carbons (Fsp3) is 0.600. The highest BCUT2D eigenvalue weighted by Gasteiger charge is 2.14. The van der Waals surface area contributed by atoms with E-state index in [1.165, 1.54) is 11.1 Å². The molecule has 1 N–H and O–H groups in total. The molecule has 0 radical (unpaired) electrons. The van der Waals surface area contributed by atoms with Crippen LogP contribution in [0.5, 0.6) is 11.5 Å². The van der Waals surface area contributed by atoms with Crippen LogP contribution in [0.15, 0.2) is 12.1 Å². The Labute approximate surface area is 114 Å². The topological polar surface area (TPSA) is 41.9 Å². The Hall–Kier alpha value is -1.26. The summed E-state index contributed by atoms with van der Waals surface area (Å²) in [5, 5.41) is 8.82. The number of aliphatic hydroxyl groups excluding tert-OH is 1. The molecule has 1 aromatic carbocycles. The summed E-state index contributed by atoms with van der Waals surface area (Å²) in [5.41, 5.74) is 2.56. The van der Waals surface area contributed by atoms with Crippen LogP contribution in [-0.4, -0.2) is 50.0 Å². The number of aryl methyl sites for hydroxylation is 1.